The summed E-state index contributed by atoms with van der Waals surface area (Å²) in [6.45, 7) is 2.45. The van der Waals surface area contributed by atoms with E-state index in [1.165, 1.54) is 6.92 Å². The molecule has 1 heterocycles. The van der Waals surface area contributed by atoms with E-state index in [0.29, 0.717) is 17.0 Å². The van der Waals surface area contributed by atoms with Crippen molar-refractivity contribution in [3.8, 4) is 5.75 Å². The van der Waals surface area contributed by atoms with E-state index < -0.39 is 52.2 Å². The molecule has 0 saturated carbocycles. The maximum atomic E-state index is 13.9. The molecule has 32 heavy (non-hydrogen) atoms. The lowest BCUT2D eigenvalue weighted by molar-refractivity contribution is -0.384. The molecule has 0 spiro atoms. The number of amides is 3. The molecule has 9 nitrogen and oxygen atoms in total. The van der Waals surface area contributed by atoms with E-state index in [-0.39, 0.29) is 22.7 Å². The summed E-state index contributed by atoms with van der Waals surface area (Å²) in [5.74, 6) is -6.98. The van der Waals surface area contributed by atoms with Gasteiger partial charge in [-0.05, 0) is 43.7 Å². The molecule has 1 aliphatic heterocycles. The number of halogens is 3. The Kier molecular flexibility index (Phi) is 6.05. The number of carbonyl (C=O) groups excluding carboxylic acids is 3. The maximum Gasteiger partial charge on any atom is 0.424 e. The van der Waals surface area contributed by atoms with Crippen molar-refractivity contribution in [1.82, 2.24) is 4.90 Å². The third-order valence-electron chi connectivity index (χ3n) is 4.76. The fourth-order valence-corrected chi connectivity index (χ4v) is 3.35. The number of ketones is 1. The van der Waals surface area contributed by atoms with Gasteiger partial charge in [-0.25, -0.2) is 32.7 Å². The Morgan fingerprint density at radius 1 is 1.12 bits per heavy atom. The zero-order valence-electron chi connectivity index (χ0n) is 16.5. The molecule has 0 bridgehead atoms. The molecule has 1 aliphatic rings. The first-order valence-corrected chi connectivity index (χ1v) is 9.00. The van der Waals surface area contributed by atoms with Gasteiger partial charge in [0.05, 0.1) is 16.9 Å². The number of benzene rings is 2. The first kappa shape index (κ1) is 22.6. The van der Waals surface area contributed by atoms with Crippen molar-refractivity contribution in [1.29, 1.82) is 0 Å². The van der Waals surface area contributed by atoms with Crippen LogP contribution in [0.15, 0.2) is 41.4 Å². The SMILES string of the molecule is CC(=O)C1C(C)=NC(=O)N(C(=O)Oc2ccc([N+](=O)[O-])cc2)C1c1cc(F)c(F)c(F)c1. The minimum atomic E-state index is -1.76. The summed E-state index contributed by atoms with van der Waals surface area (Å²) >= 11 is 0. The van der Waals surface area contributed by atoms with Crippen LogP contribution >= 0.6 is 0 Å². The normalized spacial score (nSPS) is 18.2. The van der Waals surface area contributed by atoms with E-state index in [1.807, 2.05) is 0 Å². The zero-order chi connectivity index (χ0) is 23.7. The van der Waals surface area contributed by atoms with Gasteiger partial charge in [-0.15, -0.1) is 0 Å². The lowest BCUT2D eigenvalue weighted by Crippen LogP contribution is -2.50. The van der Waals surface area contributed by atoms with Gasteiger partial charge in [0.15, 0.2) is 17.5 Å². The molecule has 0 aromatic heterocycles. The maximum absolute atomic E-state index is 13.9. The number of imide groups is 1. The molecular formula is C20H14F3N3O6. The van der Waals surface area contributed by atoms with Crippen LogP contribution in [0.3, 0.4) is 0 Å². The van der Waals surface area contributed by atoms with Gasteiger partial charge in [-0.2, -0.15) is 0 Å². The number of Topliss-reactive ketones (excluding diaryl/α,β-unsaturated/α-hetero) is 1. The Hall–Kier alpha value is -4.09. The lowest BCUT2D eigenvalue weighted by atomic mass is 9.84. The fraction of sp³-hybridized carbons (Fsp3) is 0.200. The number of nitrogens with zero attached hydrogens (tertiary/aromatic N) is 3. The largest absolute Gasteiger partial charge is 0.424 e. The van der Waals surface area contributed by atoms with Gasteiger partial charge in [0, 0.05) is 17.8 Å². The molecule has 2 atom stereocenters. The third kappa shape index (κ3) is 4.19. The van der Waals surface area contributed by atoms with Crippen molar-refractivity contribution in [3.05, 3.63) is 69.5 Å². The van der Waals surface area contributed by atoms with Gasteiger partial charge < -0.3 is 4.74 Å². The zero-order valence-corrected chi connectivity index (χ0v) is 16.5. The lowest BCUT2D eigenvalue weighted by Gasteiger charge is -2.36. The summed E-state index contributed by atoms with van der Waals surface area (Å²) in [5.41, 5.74) is -0.673. The predicted molar refractivity (Wildman–Crippen MR) is 103 cm³/mol. The molecule has 0 saturated heterocycles. The number of aliphatic imine (C=N–C) groups is 1. The van der Waals surface area contributed by atoms with E-state index in [2.05, 4.69) is 4.99 Å². The Morgan fingerprint density at radius 2 is 1.69 bits per heavy atom. The van der Waals surface area contributed by atoms with Crippen molar-refractivity contribution in [2.75, 3.05) is 0 Å². The summed E-state index contributed by atoms with van der Waals surface area (Å²) in [6.07, 6.45) is -1.36. The van der Waals surface area contributed by atoms with Gasteiger partial charge in [0.1, 0.15) is 11.5 Å². The van der Waals surface area contributed by atoms with Crippen LogP contribution < -0.4 is 4.74 Å². The molecule has 166 valence electrons. The van der Waals surface area contributed by atoms with E-state index >= 15 is 0 Å². The first-order chi connectivity index (χ1) is 15.0. The highest BCUT2D eigenvalue weighted by Gasteiger charge is 2.45. The summed E-state index contributed by atoms with van der Waals surface area (Å²) in [5, 5.41) is 10.7. The molecule has 0 N–H and O–H groups in total. The van der Waals surface area contributed by atoms with E-state index in [0.717, 1.165) is 31.2 Å². The Labute approximate surface area is 178 Å². The number of rotatable bonds is 4. The summed E-state index contributed by atoms with van der Waals surface area (Å²) in [7, 11) is 0. The van der Waals surface area contributed by atoms with Gasteiger partial charge in [0.2, 0.25) is 0 Å². The quantitative estimate of drug-likeness (QED) is 0.389. The topological polar surface area (TPSA) is 119 Å². The van der Waals surface area contributed by atoms with Crippen LogP contribution in [0, 0.1) is 33.5 Å². The molecule has 0 radical (unpaired) electrons. The van der Waals surface area contributed by atoms with Crippen LogP contribution in [0.4, 0.5) is 28.4 Å². The number of nitro benzene ring substituents is 1. The van der Waals surface area contributed by atoms with E-state index in [9.17, 15) is 37.7 Å². The molecular weight excluding hydrogens is 435 g/mol. The van der Waals surface area contributed by atoms with Crippen LogP contribution in [-0.2, 0) is 4.79 Å². The molecule has 2 aromatic carbocycles. The van der Waals surface area contributed by atoms with Crippen molar-refractivity contribution >= 4 is 29.3 Å². The van der Waals surface area contributed by atoms with Crippen LogP contribution in [-0.4, -0.2) is 33.4 Å². The van der Waals surface area contributed by atoms with Crippen LogP contribution in [0.2, 0.25) is 0 Å². The molecule has 3 rings (SSSR count). The summed E-state index contributed by atoms with van der Waals surface area (Å²) in [6, 6.07) is 2.65. The second kappa shape index (κ2) is 8.57. The monoisotopic (exact) mass is 449 g/mol. The fourth-order valence-electron chi connectivity index (χ4n) is 3.35. The average Bonchev–Trinajstić information content (AvgIpc) is 2.70. The number of carbonyl (C=O) groups is 3. The van der Waals surface area contributed by atoms with E-state index in [1.54, 1.807) is 0 Å². The number of urea groups is 1. The van der Waals surface area contributed by atoms with Gasteiger partial charge in [-0.3, -0.25) is 14.9 Å². The van der Waals surface area contributed by atoms with Gasteiger partial charge in [-0.1, -0.05) is 0 Å². The van der Waals surface area contributed by atoms with Crippen LogP contribution in [0.1, 0.15) is 25.5 Å². The minimum Gasteiger partial charge on any atom is -0.410 e. The van der Waals surface area contributed by atoms with Crippen molar-refractivity contribution in [2.24, 2.45) is 10.9 Å². The Bertz CT molecular complexity index is 1140. The summed E-state index contributed by atoms with van der Waals surface area (Å²) < 4.78 is 46.3. The predicted octanol–water partition coefficient (Wildman–Crippen LogP) is 4.35. The van der Waals surface area contributed by atoms with Crippen molar-refractivity contribution < 1.29 is 37.2 Å². The smallest absolute Gasteiger partial charge is 0.410 e. The number of non-ortho nitro benzene ring substituents is 1. The first-order valence-electron chi connectivity index (χ1n) is 9.00. The second-order valence-electron chi connectivity index (χ2n) is 6.86. The molecule has 2 aromatic rings. The van der Waals surface area contributed by atoms with Crippen molar-refractivity contribution in [3.63, 3.8) is 0 Å². The summed E-state index contributed by atoms with van der Waals surface area (Å²) in [4.78, 5) is 51.7. The van der Waals surface area contributed by atoms with Crippen LogP contribution in [0.5, 0.6) is 5.75 Å². The Balaban J connectivity index is 2.06. The minimum absolute atomic E-state index is 0.0166. The number of nitro groups is 1. The highest BCUT2D eigenvalue weighted by Crippen LogP contribution is 2.36. The average molecular weight is 449 g/mol. The highest BCUT2D eigenvalue weighted by atomic mass is 19.2. The molecule has 2 unspecified atom stereocenters. The van der Waals surface area contributed by atoms with Gasteiger partial charge in [0.25, 0.3) is 5.69 Å². The molecule has 0 fully saturated rings. The molecule has 0 aliphatic carbocycles. The molecule has 12 heteroatoms. The van der Waals surface area contributed by atoms with Crippen LogP contribution in [0.25, 0.3) is 0 Å². The van der Waals surface area contributed by atoms with Gasteiger partial charge >= 0.3 is 12.1 Å². The second-order valence-corrected chi connectivity index (χ2v) is 6.86. The molecule has 3 amide bonds. The standard InChI is InChI=1S/C20H14F3N3O6/c1-9-16(10(2)27)18(11-7-14(21)17(23)15(22)8-11)25(19(28)24-9)20(29)32-13-5-3-12(4-6-13)26(30)31/h3-8,16,18H,1-2H3. The Morgan fingerprint density at radius 3 is 2.19 bits per heavy atom. The van der Waals surface area contributed by atoms with Crippen molar-refractivity contribution in [2.45, 2.75) is 19.9 Å². The highest BCUT2D eigenvalue weighted by molar-refractivity contribution is 6.12. The number of hydrogen-bond acceptors (Lipinski definition) is 6. The third-order valence-corrected chi connectivity index (χ3v) is 4.76. The van der Waals surface area contributed by atoms with E-state index in [4.69, 9.17) is 4.74 Å². The number of hydrogen-bond donors (Lipinski definition) is 0. The number of ether oxygens (including phenoxy) is 1.